The standard InChI is InChI=1S/C33H33F3N6O5/c1-32(2,3)47-31(44)40-14-17(15-40)28(43)42-21-7-6-8-25(46-30(35)36)26(21)23-11-24(42)27-39-20-10-19(34)18(9-22(20)41(23)27)16-12-37-29(38-13-16)33(4,5)45/h6-10,12-13,17,23-24,30,45H,11,14-15H2,1-5H3/t23-,24-/m1/s1. The molecule has 0 spiro atoms. The van der Waals surface area contributed by atoms with Crippen molar-refractivity contribution in [3.8, 4) is 16.9 Å². The lowest BCUT2D eigenvalue weighted by atomic mass is 9.90. The normalized spacial score (nSPS) is 19.1. The number of amides is 2. The molecule has 7 rings (SSSR count). The number of hydrogen-bond acceptors (Lipinski definition) is 8. The van der Waals surface area contributed by atoms with E-state index in [0.717, 1.165) is 0 Å². The summed E-state index contributed by atoms with van der Waals surface area (Å²) < 4.78 is 55.1. The number of benzene rings is 2. The monoisotopic (exact) mass is 650 g/mol. The van der Waals surface area contributed by atoms with E-state index < -0.39 is 47.7 Å². The molecule has 1 saturated heterocycles. The summed E-state index contributed by atoms with van der Waals surface area (Å²) in [4.78, 5) is 42.9. The Bertz CT molecular complexity index is 1910. The van der Waals surface area contributed by atoms with Gasteiger partial charge in [0.1, 0.15) is 28.6 Å². The number of carbonyl (C=O) groups is 2. The Hall–Kier alpha value is -4.72. The van der Waals surface area contributed by atoms with Crippen molar-refractivity contribution in [2.24, 2.45) is 5.92 Å². The van der Waals surface area contributed by atoms with Crippen LogP contribution in [0.25, 0.3) is 22.2 Å². The number of anilines is 1. The Morgan fingerprint density at radius 2 is 1.74 bits per heavy atom. The van der Waals surface area contributed by atoms with Gasteiger partial charge in [0.05, 0.1) is 34.7 Å². The highest BCUT2D eigenvalue weighted by atomic mass is 19.3. The van der Waals surface area contributed by atoms with Gasteiger partial charge in [0.2, 0.25) is 5.91 Å². The molecule has 2 aromatic carbocycles. The summed E-state index contributed by atoms with van der Waals surface area (Å²) in [5.74, 6) is -0.844. The van der Waals surface area contributed by atoms with E-state index >= 15 is 4.39 Å². The van der Waals surface area contributed by atoms with Crippen LogP contribution in [0.15, 0.2) is 42.7 Å². The van der Waals surface area contributed by atoms with E-state index in [1.165, 1.54) is 29.4 Å². The number of fused-ring (bicyclic) bond motifs is 3. The molecule has 2 aromatic heterocycles. The van der Waals surface area contributed by atoms with Crippen molar-refractivity contribution in [3.63, 3.8) is 0 Å². The second-order valence-electron chi connectivity index (χ2n) is 13.6. The minimum absolute atomic E-state index is 0.0737. The summed E-state index contributed by atoms with van der Waals surface area (Å²) in [6, 6.07) is 6.46. The molecular weight excluding hydrogens is 617 g/mol. The molecule has 47 heavy (non-hydrogen) atoms. The van der Waals surface area contributed by atoms with Crippen LogP contribution in [-0.4, -0.2) is 66.8 Å². The molecule has 2 atom stereocenters. The maximum Gasteiger partial charge on any atom is 0.410 e. The van der Waals surface area contributed by atoms with Crippen molar-refractivity contribution in [1.82, 2.24) is 24.4 Å². The maximum absolute atomic E-state index is 15.5. The minimum atomic E-state index is -3.11. The first kappa shape index (κ1) is 30.9. The van der Waals surface area contributed by atoms with E-state index in [4.69, 9.17) is 14.5 Å². The van der Waals surface area contributed by atoms with E-state index in [1.807, 2.05) is 4.57 Å². The largest absolute Gasteiger partial charge is 0.444 e. The number of aliphatic hydroxyl groups is 1. The van der Waals surface area contributed by atoms with E-state index in [2.05, 4.69) is 9.97 Å². The lowest BCUT2D eigenvalue weighted by molar-refractivity contribution is -0.127. The van der Waals surface area contributed by atoms with Crippen molar-refractivity contribution in [2.45, 2.75) is 70.9 Å². The summed E-state index contributed by atoms with van der Waals surface area (Å²) in [6.45, 7) is 5.54. The molecule has 11 nitrogen and oxygen atoms in total. The number of alkyl halides is 2. The number of rotatable bonds is 5. The molecule has 2 amide bonds. The topological polar surface area (TPSA) is 123 Å². The second kappa shape index (κ2) is 10.7. The van der Waals surface area contributed by atoms with Crippen molar-refractivity contribution in [2.75, 3.05) is 18.0 Å². The number of aromatic nitrogens is 4. The lowest BCUT2D eigenvalue weighted by Gasteiger charge is -2.43. The van der Waals surface area contributed by atoms with Crippen molar-refractivity contribution in [1.29, 1.82) is 0 Å². The highest BCUT2D eigenvalue weighted by molar-refractivity contribution is 6.00. The van der Waals surface area contributed by atoms with Gasteiger partial charge in [-0.15, -0.1) is 0 Å². The molecule has 1 fully saturated rings. The average molecular weight is 651 g/mol. The quantitative estimate of drug-likeness (QED) is 0.292. The predicted octanol–water partition coefficient (Wildman–Crippen LogP) is 5.71. The molecule has 3 aliphatic rings. The molecule has 3 aliphatic heterocycles. The number of carbonyl (C=O) groups excluding carboxylic acids is 2. The van der Waals surface area contributed by atoms with Gasteiger partial charge in [-0.3, -0.25) is 4.79 Å². The Morgan fingerprint density at radius 3 is 2.38 bits per heavy atom. The van der Waals surface area contributed by atoms with Crippen LogP contribution in [0.1, 0.15) is 70.3 Å². The van der Waals surface area contributed by atoms with Crippen LogP contribution in [0.2, 0.25) is 0 Å². The molecule has 2 bridgehead atoms. The fourth-order valence-electron chi connectivity index (χ4n) is 6.61. The predicted molar refractivity (Wildman–Crippen MR) is 163 cm³/mol. The zero-order valence-corrected chi connectivity index (χ0v) is 26.4. The van der Waals surface area contributed by atoms with Crippen LogP contribution < -0.4 is 9.64 Å². The molecule has 1 N–H and O–H groups in total. The van der Waals surface area contributed by atoms with Crippen molar-refractivity contribution >= 4 is 28.7 Å². The highest BCUT2D eigenvalue weighted by Crippen LogP contribution is 2.55. The van der Waals surface area contributed by atoms with Gasteiger partial charge in [0.15, 0.2) is 5.82 Å². The molecule has 0 saturated carbocycles. The van der Waals surface area contributed by atoms with E-state index in [-0.39, 0.29) is 36.1 Å². The van der Waals surface area contributed by atoms with Crippen LogP contribution >= 0.6 is 0 Å². The number of nitrogens with zero attached hydrogens (tertiary/aromatic N) is 6. The molecule has 0 radical (unpaired) electrons. The molecule has 246 valence electrons. The summed E-state index contributed by atoms with van der Waals surface area (Å²) in [5.41, 5.74) is 0.244. The SMILES string of the molecule is CC(C)(C)OC(=O)N1CC(C(=O)N2c3cccc(OC(F)F)c3[C@H]3C[C@@H]2c2nc4cc(F)c(-c5cnc(C(C)(C)O)nc5)cc4n23)C1. The Labute approximate surface area is 267 Å². The number of ether oxygens (including phenoxy) is 2. The minimum Gasteiger partial charge on any atom is -0.444 e. The number of likely N-dealkylation sites (tertiary alicyclic amines) is 1. The number of hydrogen-bond donors (Lipinski definition) is 1. The molecule has 14 heteroatoms. The first-order chi connectivity index (χ1) is 22.1. The van der Waals surface area contributed by atoms with Gasteiger partial charge >= 0.3 is 12.7 Å². The maximum atomic E-state index is 15.5. The summed E-state index contributed by atoms with van der Waals surface area (Å²) in [7, 11) is 0. The fraction of sp³-hybridized carbons (Fsp3) is 0.424. The van der Waals surface area contributed by atoms with E-state index in [0.29, 0.717) is 40.1 Å². The Balaban J connectivity index is 1.30. The van der Waals surface area contributed by atoms with Crippen LogP contribution in [0.4, 0.5) is 23.7 Å². The van der Waals surface area contributed by atoms with E-state index in [9.17, 15) is 23.5 Å². The van der Waals surface area contributed by atoms with E-state index in [1.54, 1.807) is 57.7 Å². The third-order valence-electron chi connectivity index (χ3n) is 8.66. The number of imidazole rings is 1. The average Bonchev–Trinajstić information content (AvgIpc) is 3.45. The summed E-state index contributed by atoms with van der Waals surface area (Å²) in [6.07, 6.45) is 2.66. The van der Waals surface area contributed by atoms with Gasteiger partial charge < -0.3 is 28.9 Å². The third-order valence-corrected chi connectivity index (χ3v) is 8.66. The van der Waals surface area contributed by atoms with Crippen molar-refractivity contribution in [3.05, 3.63) is 65.8 Å². The molecule has 4 aromatic rings. The molecule has 0 unspecified atom stereocenters. The zero-order valence-electron chi connectivity index (χ0n) is 26.4. The van der Waals surface area contributed by atoms with Gasteiger partial charge in [-0.25, -0.2) is 24.1 Å². The lowest BCUT2D eigenvalue weighted by Crippen LogP contribution is -2.58. The van der Waals surface area contributed by atoms with Crippen LogP contribution in [0.5, 0.6) is 5.75 Å². The van der Waals surface area contributed by atoms with Gasteiger partial charge in [-0.1, -0.05) is 6.07 Å². The van der Waals surface area contributed by atoms with Gasteiger partial charge in [-0.2, -0.15) is 8.78 Å². The summed E-state index contributed by atoms with van der Waals surface area (Å²) >= 11 is 0. The van der Waals surface area contributed by atoms with Gasteiger partial charge in [0.25, 0.3) is 0 Å². The van der Waals surface area contributed by atoms with Crippen molar-refractivity contribution < 1.29 is 37.3 Å². The smallest absolute Gasteiger partial charge is 0.410 e. The molecule has 5 heterocycles. The highest BCUT2D eigenvalue weighted by Gasteiger charge is 2.51. The first-order valence-electron chi connectivity index (χ1n) is 15.3. The Kier molecular flexibility index (Phi) is 7.01. The zero-order chi connectivity index (χ0) is 33.6. The first-order valence-corrected chi connectivity index (χ1v) is 15.3. The molecular formula is C33H33F3N6O5. The van der Waals surface area contributed by atoms with Crippen LogP contribution in [-0.2, 0) is 15.1 Å². The van der Waals surface area contributed by atoms with Gasteiger partial charge in [-0.05, 0) is 52.8 Å². The fourth-order valence-corrected chi connectivity index (χ4v) is 6.61. The summed E-state index contributed by atoms with van der Waals surface area (Å²) in [5, 5.41) is 10.2. The molecule has 0 aliphatic carbocycles. The third kappa shape index (κ3) is 5.24. The Morgan fingerprint density at radius 1 is 1.04 bits per heavy atom. The van der Waals surface area contributed by atoms with Gasteiger partial charge in [0, 0.05) is 54.7 Å². The van der Waals surface area contributed by atoms with Crippen LogP contribution in [0.3, 0.4) is 0 Å². The van der Waals surface area contributed by atoms with Crippen LogP contribution in [0, 0.1) is 11.7 Å². The second-order valence-corrected chi connectivity index (χ2v) is 13.6. The number of halogens is 3.